The summed E-state index contributed by atoms with van der Waals surface area (Å²) in [5, 5.41) is 4.12. The van der Waals surface area contributed by atoms with Gasteiger partial charge in [-0.2, -0.15) is 5.10 Å². The van der Waals surface area contributed by atoms with Crippen LogP contribution >= 0.6 is 15.9 Å². The molecule has 0 bridgehead atoms. The third-order valence-electron chi connectivity index (χ3n) is 2.28. The Hall–Kier alpha value is -0.840. The molecule has 1 rings (SSSR count). The molecule has 1 heterocycles. The normalized spacial score (nSPS) is 14.9. The van der Waals surface area contributed by atoms with Crippen LogP contribution in [0.2, 0.25) is 0 Å². The van der Waals surface area contributed by atoms with Crippen molar-refractivity contribution in [1.29, 1.82) is 0 Å². The molecule has 5 heteroatoms. The Morgan fingerprint density at radius 3 is 2.71 bits per heavy atom. The maximum atomic E-state index is 11.3. The Morgan fingerprint density at radius 1 is 1.64 bits per heavy atom. The van der Waals surface area contributed by atoms with Gasteiger partial charge in [-0.3, -0.25) is 9.48 Å². The molecule has 0 aliphatic carbocycles. The fourth-order valence-corrected chi connectivity index (χ4v) is 1.45. The Kier molecular flexibility index (Phi) is 3.69. The summed E-state index contributed by atoms with van der Waals surface area (Å²) in [5.41, 5.74) is 0. The number of carbonyl (C=O) groups is 1. The minimum absolute atomic E-state index is 0.00579. The number of methoxy groups -OCH3 is 1. The molecule has 2 unspecified atom stereocenters. The first-order valence-electron chi connectivity index (χ1n) is 4.33. The largest absolute Gasteiger partial charge is 0.469 e. The van der Waals surface area contributed by atoms with E-state index in [4.69, 9.17) is 0 Å². The lowest BCUT2D eigenvalue weighted by atomic mass is 10.0. The molecular formula is C9H13BrN2O2. The average Bonchev–Trinajstić information content (AvgIpc) is 2.61. The zero-order chi connectivity index (χ0) is 10.7. The molecule has 0 saturated heterocycles. The van der Waals surface area contributed by atoms with Crippen LogP contribution in [0.1, 0.15) is 19.9 Å². The van der Waals surface area contributed by atoms with Gasteiger partial charge in [0.25, 0.3) is 0 Å². The summed E-state index contributed by atoms with van der Waals surface area (Å²) in [4.78, 5) is 11.3. The van der Waals surface area contributed by atoms with E-state index in [-0.39, 0.29) is 17.9 Å². The maximum absolute atomic E-state index is 11.3. The van der Waals surface area contributed by atoms with Crippen LogP contribution in [0.25, 0.3) is 0 Å². The maximum Gasteiger partial charge on any atom is 0.310 e. The highest BCUT2D eigenvalue weighted by Gasteiger charge is 2.22. The standard InChI is InChI=1S/C9H13BrN2O2/c1-6(9(13)14-3)7(2)12-5-8(10)4-11-12/h4-7H,1-3H3. The van der Waals surface area contributed by atoms with Crippen molar-refractivity contribution in [2.24, 2.45) is 5.92 Å². The summed E-state index contributed by atoms with van der Waals surface area (Å²) in [7, 11) is 1.39. The van der Waals surface area contributed by atoms with E-state index in [9.17, 15) is 4.79 Å². The number of rotatable bonds is 3. The van der Waals surface area contributed by atoms with Crippen molar-refractivity contribution in [1.82, 2.24) is 9.78 Å². The molecule has 0 spiro atoms. The molecular weight excluding hydrogens is 248 g/mol. The number of hydrogen-bond donors (Lipinski definition) is 0. The molecule has 0 fully saturated rings. The number of esters is 1. The van der Waals surface area contributed by atoms with Gasteiger partial charge in [0.1, 0.15) is 0 Å². The van der Waals surface area contributed by atoms with Crippen LogP contribution in [0.4, 0.5) is 0 Å². The van der Waals surface area contributed by atoms with E-state index in [0.717, 1.165) is 4.47 Å². The quantitative estimate of drug-likeness (QED) is 0.782. The molecule has 4 nitrogen and oxygen atoms in total. The topological polar surface area (TPSA) is 44.1 Å². The zero-order valence-electron chi connectivity index (χ0n) is 8.40. The fraction of sp³-hybridized carbons (Fsp3) is 0.556. The van der Waals surface area contributed by atoms with Crippen molar-refractivity contribution >= 4 is 21.9 Å². The van der Waals surface area contributed by atoms with E-state index in [1.807, 2.05) is 20.0 Å². The Balaban J connectivity index is 2.74. The molecule has 0 radical (unpaired) electrons. The van der Waals surface area contributed by atoms with Gasteiger partial charge in [0, 0.05) is 6.20 Å². The first-order chi connectivity index (χ1) is 6.56. The smallest absolute Gasteiger partial charge is 0.310 e. The van der Waals surface area contributed by atoms with Crippen molar-refractivity contribution < 1.29 is 9.53 Å². The lowest BCUT2D eigenvalue weighted by Crippen LogP contribution is -2.23. The number of aromatic nitrogens is 2. The Morgan fingerprint density at radius 2 is 2.29 bits per heavy atom. The summed E-state index contributed by atoms with van der Waals surface area (Å²) in [6, 6.07) is -0.00579. The van der Waals surface area contributed by atoms with Crippen LogP contribution < -0.4 is 0 Å². The molecule has 0 aliphatic heterocycles. The van der Waals surface area contributed by atoms with Gasteiger partial charge in [-0.25, -0.2) is 0 Å². The van der Waals surface area contributed by atoms with E-state index in [2.05, 4.69) is 25.8 Å². The van der Waals surface area contributed by atoms with Gasteiger partial charge < -0.3 is 4.74 Å². The van der Waals surface area contributed by atoms with Gasteiger partial charge in [0.15, 0.2) is 0 Å². The van der Waals surface area contributed by atoms with Crippen molar-refractivity contribution in [3.63, 3.8) is 0 Å². The molecule has 0 saturated carbocycles. The molecule has 0 amide bonds. The number of carbonyl (C=O) groups excluding carboxylic acids is 1. The zero-order valence-corrected chi connectivity index (χ0v) is 9.98. The Labute approximate surface area is 91.4 Å². The van der Waals surface area contributed by atoms with Crippen molar-refractivity contribution in [2.45, 2.75) is 19.9 Å². The highest BCUT2D eigenvalue weighted by atomic mass is 79.9. The molecule has 14 heavy (non-hydrogen) atoms. The van der Waals surface area contributed by atoms with Crippen molar-refractivity contribution in [3.05, 3.63) is 16.9 Å². The summed E-state index contributed by atoms with van der Waals surface area (Å²) in [6.07, 6.45) is 3.53. The van der Waals surface area contributed by atoms with Gasteiger partial charge in [-0.1, -0.05) is 0 Å². The summed E-state index contributed by atoms with van der Waals surface area (Å²) in [5.74, 6) is -0.420. The van der Waals surface area contributed by atoms with Crippen LogP contribution in [0.15, 0.2) is 16.9 Å². The highest BCUT2D eigenvalue weighted by Crippen LogP contribution is 2.19. The van der Waals surface area contributed by atoms with Crippen molar-refractivity contribution in [3.8, 4) is 0 Å². The van der Waals surface area contributed by atoms with Gasteiger partial charge >= 0.3 is 5.97 Å². The third kappa shape index (κ3) is 2.35. The molecule has 0 N–H and O–H groups in total. The van der Waals surface area contributed by atoms with Crippen LogP contribution in [0, 0.1) is 5.92 Å². The molecule has 1 aromatic rings. The van der Waals surface area contributed by atoms with Gasteiger partial charge in [-0.15, -0.1) is 0 Å². The number of halogens is 1. The molecule has 78 valence electrons. The average molecular weight is 261 g/mol. The van der Waals surface area contributed by atoms with Crippen LogP contribution in [-0.4, -0.2) is 22.9 Å². The number of ether oxygens (including phenoxy) is 1. The summed E-state index contributed by atoms with van der Waals surface area (Å²) in [6.45, 7) is 3.76. The second-order valence-electron chi connectivity index (χ2n) is 3.19. The lowest BCUT2D eigenvalue weighted by Gasteiger charge is -2.17. The molecule has 0 aromatic carbocycles. The van der Waals surface area contributed by atoms with E-state index in [1.54, 1.807) is 10.9 Å². The number of hydrogen-bond acceptors (Lipinski definition) is 3. The van der Waals surface area contributed by atoms with Crippen molar-refractivity contribution in [2.75, 3.05) is 7.11 Å². The number of nitrogens with zero attached hydrogens (tertiary/aromatic N) is 2. The summed E-state index contributed by atoms with van der Waals surface area (Å²) >= 11 is 3.30. The summed E-state index contributed by atoms with van der Waals surface area (Å²) < 4.78 is 7.32. The van der Waals surface area contributed by atoms with Crippen LogP contribution in [0.3, 0.4) is 0 Å². The minimum atomic E-state index is -0.218. The van der Waals surface area contributed by atoms with Gasteiger partial charge in [0.2, 0.25) is 0 Å². The molecule has 2 atom stereocenters. The van der Waals surface area contributed by atoms with E-state index in [0.29, 0.717) is 0 Å². The second-order valence-corrected chi connectivity index (χ2v) is 4.11. The lowest BCUT2D eigenvalue weighted by molar-refractivity contribution is -0.146. The van der Waals surface area contributed by atoms with Gasteiger partial charge in [-0.05, 0) is 29.8 Å². The van der Waals surface area contributed by atoms with E-state index >= 15 is 0 Å². The second kappa shape index (κ2) is 4.59. The monoisotopic (exact) mass is 260 g/mol. The predicted octanol–water partition coefficient (Wildman–Crippen LogP) is 2.02. The first-order valence-corrected chi connectivity index (χ1v) is 5.13. The highest BCUT2D eigenvalue weighted by molar-refractivity contribution is 9.10. The fourth-order valence-electron chi connectivity index (χ4n) is 1.15. The molecule has 0 aliphatic rings. The van der Waals surface area contributed by atoms with E-state index in [1.165, 1.54) is 7.11 Å². The Bertz CT molecular complexity index is 324. The first kappa shape index (κ1) is 11.2. The van der Waals surface area contributed by atoms with E-state index < -0.39 is 0 Å². The molecule has 1 aromatic heterocycles. The third-order valence-corrected chi connectivity index (χ3v) is 2.69. The predicted molar refractivity (Wildman–Crippen MR) is 55.8 cm³/mol. The van der Waals surface area contributed by atoms with Gasteiger partial charge in [0.05, 0.1) is 29.7 Å². The minimum Gasteiger partial charge on any atom is -0.469 e. The van der Waals surface area contributed by atoms with Crippen LogP contribution in [-0.2, 0) is 9.53 Å². The SMILES string of the molecule is COC(=O)C(C)C(C)n1cc(Br)cn1. The van der Waals surface area contributed by atoms with Crippen LogP contribution in [0.5, 0.6) is 0 Å².